The maximum absolute atomic E-state index is 5.68. The van der Waals surface area contributed by atoms with Crippen LogP contribution >= 0.6 is 0 Å². The predicted molar refractivity (Wildman–Crippen MR) is 130 cm³/mol. The highest BCUT2D eigenvalue weighted by Crippen LogP contribution is 2.20. The first-order valence-corrected chi connectivity index (χ1v) is 11.6. The first kappa shape index (κ1) is 28.3. The minimum atomic E-state index is 0.470. The summed E-state index contributed by atoms with van der Waals surface area (Å²) in [6.07, 6.45) is 3.83. The van der Waals surface area contributed by atoms with Crippen LogP contribution in [0.25, 0.3) is 11.1 Å². The molecule has 0 saturated heterocycles. The van der Waals surface area contributed by atoms with Gasteiger partial charge in [0.15, 0.2) is 0 Å². The molecule has 0 aromatic heterocycles. The van der Waals surface area contributed by atoms with Crippen LogP contribution in [0.5, 0.6) is 0 Å². The molecule has 0 spiro atoms. The molecule has 0 unspecified atom stereocenters. The highest BCUT2D eigenvalue weighted by atomic mass is 16.5. The van der Waals surface area contributed by atoms with Crippen LogP contribution in [0.3, 0.4) is 0 Å². The molecule has 0 saturated carbocycles. The van der Waals surface area contributed by atoms with Crippen molar-refractivity contribution in [1.82, 2.24) is 0 Å². The maximum atomic E-state index is 5.68. The van der Waals surface area contributed by atoms with Crippen LogP contribution in [-0.2, 0) is 28.4 Å². The molecule has 1 aromatic rings. The summed E-state index contributed by atoms with van der Waals surface area (Å²) < 4.78 is 33.0. The molecule has 6 nitrogen and oxygen atoms in total. The van der Waals surface area contributed by atoms with E-state index >= 15 is 0 Å². The molecular formula is C26H42O6. The summed E-state index contributed by atoms with van der Waals surface area (Å²) in [6, 6.07) is 8.22. The highest BCUT2D eigenvalue weighted by Gasteiger charge is 2.03. The topological polar surface area (TPSA) is 55.4 Å². The molecule has 32 heavy (non-hydrogen) atoms. The van der Waals surface area contributed by atoms with E-state index in [4.69, 9.17) is 28.4 Å². The molecule has 182 valence electrons. The Labute approximate surface area is 194 Å². The van der Waals surface area contributed by atoms with Gasteiger partial charge in [-0.1, -0.05) is 38.6 Å². The molecule has 1 aromatic carbocycles. The summed E-state index contributed by atoms with van der Waals surface area (Å²) in [6.45, 7) is 17.0. The fourth-order valence-corrected chi connectivity index (χ4v) is 2.67. The number of allylic oxidation sites excluding steroid dienone is 1. The Morgan fingerprint density at radius 3 is 1.81 bits per heavy atom. The fraction of sp³-hybridized carbons (Fsp3) is 0.615. The molecular weight excluding hydrogens is 408 g/mol. The van der Waals surface area contributed by atoms with Gasteiger partial charge in [0.2, 0.25) is 0 Å². The summed E-state index contributed by atoms with van der Waals surface area (Å²) in [7, 11) is 0. The molecule has 0 radical (unpaired) electrons. The van der Waals surface area contributed by atoms with Crippen molar-refractivity contribution in [1.29, 1.82) is 0 Å². The van der Waals surface area contributed by atoms with Gasteiger partial charge in [-0.25, -0.2) is 0 Å². The lowest BCUT2D eigenvalue weighted by Crippen LogP contribution is -2.10. The zero-order chi connectivity index (χ0) is 23.3. The lowest BCUT2D eigenvalue weighted by atomic mass is 10.0. The zero-order valence-electron chi connectivity index (χ0n) is 20.2. The van der Waals surface area contributed by atoms with E-state index in [0.29, 0.717) is 59.5 Å². The molecule has 0 amide bonds. The number of hydrogen-bond acceptors (Lipinski definition) is 6. The SMILES string of the molecule is C=C(COCCOCCOCCC)c1cccc(/C(C)=C\OCCOCCOCCC)c1. The fourth-order valence-electron chi connectivity index (χ4n) is 2.67. The van der Waals surface area contributed by atoms with Crippen LogP contribution in [0.15, 0.2) is 37.1 Å². The van der Waals surface area contributed by atoms with E-state index in [2.05, 4.69) is 32.6 Å². The van der Waals surface area contributed by atoms with Crippen LogP contribution in [0.1, 0.15) is 44.7 Å². The minimum Gasteiger partial charge on any atom is -0.498 e. The van der Waals surface area contributed by atoms with E-state index in [-0.39, 0.29) is 0 Å². The van der Waals surface area contributed by atoms with Crippen molar-refractivity contribution in [2.75, 3.05) is 72.7 Å². The first-order chi connectivity index (χ1) is 15.7. The summed E-state index contributed by atoms with van der Waals surface area (Å²) >= 11 is 0. The van der Waals surface area contributed by atoms with E-state index < -0.39 is 0 Å². The van der Waals surface area contributed by atoms with Gasteiger partial charge >= 0.3 is 0 Å². The first-order valence-electron chi connectivity index (χ1n) is 11.6. The van der Waals surface area contributed by atoms with Gasteiger partial charge in [0.25, 0.3) is 0 Å². The van der Waals surface area contributed by atoms with Gasteiger partial charge in [-0.05, 0) is 48.1 Å². The van der Waals surface area contributed by atoms with Crippen LogP contribution in [0.2, 0.25) is 0 Å². The third kappa shape index (κ3) is 14.4. The molecule has 0 bridgehead atoms. The van der Waals surface area contributed by atoms with Crippen LogP contribution in [-0.4, -0.2) is 72.7 Å². The largest absolute Gasteiger partial charge is 0.498 e. The third-order valence-electron chi connectivity index (χ3n) is 4.42. The Morgan fingerprint density at radius 1 is 0.719 bits per heavy atom. The van der Waals surface area contributed by atoms with Gasteiger partial charge in [-0.3, -0.25) is 0 Å². The molecule has 6 heteroatoms. The van der Waals surface area contributed by atoms with Crippen LogP contribution in [0.4, 0.5) is 0 Å². The molecule has 0 N–H and O–H groups in total. The lowest BCUT2D eigenvalue weighted by Gasteiger charge is -2.10. The normalized spacial score (nSPS) is 11.7. The molecule has 0 aliphatic heterocycles. The Kier molecular flexibility index (Phi) is 17.7. The average molecular weight is 451 g/mol. The van der Waals surface area contributed by atoms with E-state index in [1.54, 1.807) is 6.26 Å². The van der Waals surface area contributed by atoms with Gasteiger partial charge in [0, 0.05) is 13.2 Å². The van der Waals surface area contributed by atoms with E-state index in [1.807, 2.05) is 19.1 Å². The standard InChI is InChI=1S/C26H42O6/c1-5-10-27-12-14-29-16-18-31-21-23(3)25-8-7-9-26(20-25)24(4)22-32-19-17-30-15-13-28-11-6-2/h7-9,20,22H,3,5-6,10-19,21H2,1-2,4H3/b24-22-. The summed E-state index contributed by atoms with van der Waals surface area (Å²) in [5, 5.41) is 0. The minimum absolute atomic E-state index is 0.470. The van der Waals surface area contributed by atoms with E-state index in [0.717, 1.165) is 48.3 Å². The number of ether oxygens (including phenoxy) is 6. The van der Waals surface area contributed by atoms with Crippen LogP contribution in [0, 0.1) is 0 Å². The maximum Gasteiger partial charge on any atom is 0.111 e. The second-order valence-electron chi connectivity index (χ2n) is 7.36. The van der Waals surface area contributed by atoms with Crippen molar-refractivity contribution >= 4 is 11.1 Å². The highest BCUT2D eigenvalue weighted by molar-refractivity contribution is 5.70. The molecule has 0 fully saturated rings. The Hall–Kier alpha value is -1.70. The molecule has 0 aliphatic carbocycles. The van der Waals surface area contributed by atoms with Crippen molar-refractivity contribution in [3.8, 4) is 0 Å². The van der Waals surface area contributed by atoms with Crippen molar-refractivity contribution in [3.05, 3.63) is 48.2 Å². The summed E-state index contributed by atoms with van der Waals surface area (Å²) in [5.41, 5.74) is 4.13. The molecule has 0 heterocycles. The van der Waals surface area contributed by atoms with Gasteiger partial charge in [-0.2, -0.15) is 0 Å². The Bertz CT molecular complexity index is 628. The van der Waals surface area contributed by atoms with Crippen molar-refractivity contribution in [2.24, 2.45) is 0 Å². The zero-order valence-corrected chi connectivity index (χ0v) is 20.2. The predicted octanol–water partition coefficient (Wildman–Crippen LogP) is 4.98. The van der Waals surface area contributed by atoms with Gasteiger partial charge in [0.05, 0.1) is 59.1 Å². The van der Waals surface area contributed by atoms with Gasteiger partial charge in [0.1, 0.15) is 6.61 Å². The van der Waals surface area contributed by atoms with Gasteiger partial charge < -0.3 is 28.4 Å². The van der Waals surface area contributed by atoms with Crippen molar-refractivity contribution < 1.29 is 28.4 Å². The smallest absolute Gasteiger partial charge is 0.111 e. The van der Waals surface area contributed by atoms with Crippen molar-refractivity contribution in [2.45, 2.75) is 33.6 Å². The molecule has 0 atom stereocenters. The molecule has 1 rings (SSSR count). The number of benzene rings is 1. The number of rotatable bonds is 21. The Morgan fingerprint density at radius 2 is 1.22 bits per heavy atom. The van der Waals surface area contributed by atoms with Gasteiger partial charge in [-0.15, -0.1) is 0 Å². The second-order valence-corrected chi connectivity index (χ2v) is 7.36. The average Bonchev–Trinajstić information content (AvgIpc) is 2.81. The van der Waals surface area contributed by atoms with E-state index in [1.165, 1.54) is 0 Å². The summed E-state index contributed by atoms with van der Waals surface area (Å²) in [4.78, 5) is 0. The molecule has 0 aliphatic rings. The lowest BCUT2D eigenvalue weighted by molar-refractivity contribution is 0.0205. The number of hydrogen-bond donors (Lipinski definition) is 0. The monoisotopic (exact) mass is 450 g/mol. The third-order valence-corrected chi connectivity index (χ3v) is 4.42. The quantitative estimate of drug-likeness (QED) is 0.194. The second kappa shape index (κ2) is 19.9. The Balaban J connectivity index is 2.23. The summed E-state index contributed by atoms with van der Waals surface area (Å²) in [5.74, 6) is 0. The van der Waals surface area contributed by atoms with E-state index in [9.17, 15) is 0 Å². The van der Waals surface area contributed by atoms with Crippen LogP contribution < -0.4 is 0 Å². The van der Waals surface area contributed by atoms with Crippen molar-refractivity contribution in [3.63, 3.8) is 0 Å².